The van der Waals surface area contributed by atoms with Gasteiger partial charge in [0.2, 0.25) is 0 Å². The zero-order valence-electron chi connectivity index (χ0n) is 11.5. The summed E-state index contributed by atoms with van der Waals surface area (Å²) in [5.74, 6) is 0.866. The summed E-state index contributed by atoms with van der Waals surface area (Å²) in [4.78, 5) is 3.51. The molecule has 0 bridgehead atoms. The molecule has 0 amide bonds. The van der Waals surface area contributed by atoms with Gasteiger partial charge in [0, 0.05) is 16.6 Å². The third kappa shape index (κ3) is 2.17. The van der Waals surface area contributed by atoms with E-state index in [2.05, 4.69) is 35.3 Å². The minimum Gasteiger partial charge on any atom is -0.497 e. The molecular formula is C17H18N2O. The van der Waals surface area contributed by atoms with Crippen LogP contribution in [-0.4, -0.2) is 18.6 Å². The molecule has 0 radical (unpaired) electrons. The normalized spacial score (nSPS) is 10.9. The lowest BCUT2D eigenvalue weighted by Gasteiger charge is -2.05. The number of rotatable bonds is 4. The predicted octanol–water partition coefficient (Wildman–Crippen LogP) is 3.34. The van der Waals surface area contributed by atoms with Crippen molar-refractivity contribution < 1.29 is 4.74 Å². The van der Waals surface area contributed by atoms with Crippen LogP contribution in [0.1, 0.15) is 5.56 Å². The van der Waals surface area contributed by atoms with E-state index in [1.807, 2.05) is 18.2 Å². The zero-order valence-corrected chi connectivity index (χ0v) is 11.5. The standard InChI is InChI=1S/C17H18N2O/c1-20-13-8-6-12(7-9-13)17-15(10-11-18)14-4-2-3-5-16(14)19-17/h2-9,19H,10-11,18H2,1H3. The molecule has 0 unspecified atom stereocenters. The van der Waals surface area contributed by atoms with Gasteiger partial charge in [0.15, 0.2) is 0 Å². The van der Waals surface area contributed by atoms with Crippen molar-refractivity contribution in [3.05, 3.63) is 54.1 Å². The smallest absolute Gasteiger partial charge is 0.118 e. The lowest BCUT2D eigenvalue weighted by Crippen LogP contribution is -2.03. The molecular weight excluding hydrogens is 248 g/mol. The monoisotopic (exact) mass is 266 g/mol. The molecule has 3 nitrogen and oxygen atoms in total. The lowest BCUT2D eigenvalue weighted by molar-refractivity contribution is 0.415. The first kappa shape index (κ1) is 12.8. The molecule has 3 N–H and O–H groups in total. The zero-order chi connectivity index (χ0) is 13.9. The molecule has 20 heavy (non-hydrogen) atoms. The van der Waals surface area contributed by atoms with Crippen LogP contribution in [0.2, 0.25) is 0 Å². The van der Waals surface area contributed by atoms with Gasteiger partial charge in [-0.15, -0.1) is 0 Å². The molecule has 1 aromatic heterocycles. The van der Waals surface area contributed by atoms with Crippen molar-refractivity contribution >= 4 is 10.9 Å². The summed E-state index contributed by atoms with van der Waals surface area (Å²) in [6, 6.07) is 16.5. The van der Waals surface area contributed by atoms with Crippen LogP contribution in [0.4, 0.5) is 0 Å². The minimum atomic E-state index is 0.644. The topological polar surface area (TPSA) is 51.0 Å². The van der Waals surface area contributed by atoms with E-state index in [1.165, 1.54) is 10.9 Å². The van der Waals surface area contributed by atoms with E-state index in [0.29, 0.717) is 6.54 Å². The number of H-pyrrole nitrogens is 1. The molecule has 0 atom stereocenters. The van der Waals surface area contributed by atoms with Crippen LogP contribution in [0.15, 0.2) is 48.5 Å². The van der Waals surface area contributed by atoms with E-state index in [4.69, 9.17) is 10.5 Å². The predicted molar refractivity (Wildman–Crippen MR) is 83.0 cm³/mol. The summed E-state index contributed by atoms with van der Waals surface area (Å²) >= 11 is 0. The number of hydrogen-bond acceptors (Lipinski definition) is 2. The Morgan fingerprint density at radius 1 is 1.05 bits per heavy atom. The Hall–Kier alpha value is -2.26. The van der Waals surface area contributed by atoms with Gasteiger partial charge in [0.05, 0.1) is 7.11 Å². The van der Waals surface area contributed by atoms with E-state index in [0.717, 1.165) is 28.9 Å². The van der Waals surface area contributed by atoms with Gasteiger partial charge >= 0.3 is 0 Å². The molecule has 102 valence electrons. The highest BCUT2D eigenvalue weighted by atomic mass is 16.5. The molecule has 3 aromatic rings. The second-order valence-corrected chi connectivity index (χ2v) is 4.79. The van der Waals surface area contributed by atoms with Gasteiger partial charge in [-0.05, 0) is 54.4 Å². The molecule has 1 heterocycles. The van der Waals surface area contributed by atoms with E-state index < -0.39 is 0 Å². The van der Waals surface area contributed by atoms with Crippen LogP contribution >= 0.6 is 0 Å². The Kier molecular flexibility index (Phi) is 3.44. The maximum Gasteiger partial charge on any atom is 0.118 e. The first-order valence-corrected chi connectivity index (χ1v) is 6.77. The van der Waals surface area contributed by atoms with E-state index in [9.17, 15) is 0 Å². The summed E-state index contributed by atoms with van der Waals surface area (Å²) in [5.41, 5.74) is 10.5. The van der Waals surface area contributed by atoms with E-state index in [1.54, 1.807) is 7.11 Å². The molecule has 0 spiro atoms. The Morgan fingerprint density at radius 3 is 2.50 bits per heavy atom. The Balaban J connectivity index is 2.15. The van der Waals surface area contributed by atoms with Gasteiger partial charge < -0.3 is 15.5 Å². The maximum atomic E-state index is 5.77. The largest absolute Gasteiger partial charge is 0.497 e. The van der Waals surface area contributed by atoms with E-state index in [-0.39, 0.29) is 0 Å². The number of para-hydroxylation sites is 1. The fourth-order valence-corrected chi connectivity index (χ4v) is 2.61. The second-order valence-electron chi connectivity index (χ2n) is 4.79. The number of aromatic amines is 1. The van der Waals surface area contributed by atoms with Crippen molar-refractivity contribution in [3.63, 3.8) is 0 Å². The van der Waals surface area contributed by atoms with Crippen molar-refractivity contribution in [1.82, 2.24) is 4.98 Å². The molecule has 0 saturated carbocycles. The molecule has 0 fully saturated rings. The molecule has 0 aliphatic carbocycles. The highest BCUT2D eigenvalue weighted by Crippen LogP contribution is 2.31. The fraction of sp³-hybridized carbons (Fsp3) is 0.176. The molecule has 3 heteroatoms. The molecule has 0 saturated heterocycles. The SMILES string of the molecule is COc1ccc(-c2[nH]c3ccccc3c2CCN)cc1. The second kappa shape index (κ2) is 5.39. The molecule has 0 aliphatic rings. The van der Waals surface area contributed by atoms with Gasteiger partial charge in [-0.2, -0.15) is 0 Å². The van der Waals surface area contributed by atoms with Crippen molar-refractivity contribution in [2.45, 2.75) is 6.42 Å². The number of aromatic nitrogens is 1. The quantitative estimate of drug-likeness (QED) is 0.761. The van der Waals surface area contributed by atoms with Crippen molar-refractivity contribution in [1.29, 1.82) is 0 Å². The molecule has 0 aliphatic heterocycles. The molecule has 3 rings (SSSR count). The highest BCUT2D eigenvalue weighted by molar-refractivity contribution is 5.90. The van der Waals surface area contributed by atoms with Crippen molar-refractivity contribution in [3.8, 4) is 17.0 Å². The van der Waals surface area contributed by atoms with Gasteiger partial charge in [0.1, 0.15) is 5.75 Å². The van der Waals surface area contributed by atoms with Gasteiger partial charge in [0.25, 0.3) is 0 Å². The van der Waals surface area contributed by atoms with Gasteiger partial charge in [-0.3, -0.25) is 0 Å². The van der Waals surface area contributed by atoms with Crippen LogP contribution in [0.25, 0.3) is 22.2 Å². The minimum absolute atomic E-state index is 0.644. The fourth-order valence-electron chi connectivity index (χ4n) is 2.61. The summed E-state index contributed by atoms with van der Waals surface area (Å²) in [5, 5.41) is 1.25. The van der Waals surface area contributed by atoms with Crippen LogP contribution in [0.3, 0.4) is 0 Å². The van der Waals surface area contributed by atoms with Gasteiger partial charge in [-0.25, -0.2) is 0 Å². The lowest BCUT2D eigenvalue weighted by atomic mass is 10.0. The Morgan fingerprint density at radius 2 is 1.80 bits per heavy atom. The van der Waals surface area contributed by atoms with Gasteiger partial charge in [-0.1, -0.05) is 18.2 Å². The average Bonchev–Trinajstić information content (AvgIpc) is 2.87. The maximum absolute atomic E-state index is 5.77. The number of ether oxygens (including phenoxy) is 1. The number of methoxy groups -OCH3 is 1. The third-order valence-electron chi connectivity index (χ3n) is 3.59. The third-order valence-corrected chi connectivity index (χ3v) is 3.59. The van der Waals surface area contributed by atoms with Crippen LogP contribution in [-0.2, 0) is 6.42 Å². The first-order chi connectivity index (χ1) is 9.83. The number of hydrogen-bond donors (Lipinski definition) is 2. The average molecular weight is 266 g/mol. The summed E-state index contributed by atoms with van der Waals surface area (Å²) < 4.78 is 5.21. The first-order valence-electron chi connectivity index (χ1n) is 6.77. The summed E-state index contributed by atoms with van der Waals surface area (Å²) in [7, 11) is 1.68. The Bertz CT molecular complexity index is 713. The molecule has 2 aromatic carbocycles. The van der Waals surface area contributed by atoms with Crippen LogP contribution in [0, 0.1) is 0 Å². The van der Waals surface area contributed by atoms with Crippen LogP contribution in [0.5, 0.6) is 5.75 Å². The number of nitrogens with one attached hydrogen (secondary N) is 1. The van der Waals surface area contributed by atoms with Crippen molar-refractivity contribution in [2.24, 2.45) is 5.73 Å². The number of nitrogens with two attached hydrogens (primary N) is 1. The van der Waals surface area contributed by atoms with Crippen LogP contribution < -0.4 is 10.5 Å². The Labute approximate surface area is 118 Å². The van der Waals surface area contributed by atoms with Crippen molar-refractivity contribution in [2.75, 3.05) is 13.7 Å². The summed E-state index contributed by atoms with van der Waals surface area (Å²) in [6.45, 7) is 0.644. The summed E-state index contributed by atoms with van der Waals surface area (Å²) in [6.07, 6.45) is 0.866. The number of fused-ring (bicyclic) bond motifs is 1. The number of benzene rings is 2. The van der Waals surface area contributed by atoms with E-state index >= 15 is 0 Å². The highest BCUT2D eigenvalue weighted by Gasteiger charge is 2.12.